The van der Waals surface area contributed by atoms with Crippen LogP contribution >= 0.6 is 0 Å². The van der Waals surface area contributed by atoms with Crippen molar-refractivity contribution < 1.29 is 9.18 Å². The largest absolute Gasteiger partial charge is 0.355 e. The summed E-state index contributed by atoms with van der Waals surface area (Å²) in [5, 5.41) is 6.37. The summed E-state index contributed by atoms with van der Waals surface area (Å²) in [4.78, 5) is 17.5. The van der Waals surface area contributed by atoms with Gasteiger partial charge in [0.15, 0.2) is 5.96 Å². The third kappa shape index (κ3) is 4.81. The van der Waals surface area contributed by atoms with Gasteiger partial charge >= 0.3 is 0 Å². The van der Waals surface area contributed by atoms with Crippen LogP contribution in [0, 0.1) is 5.82 Å². The van der Waals surface area contributed by atoms with Crippen LogP contribution in [0.3, 0.4) is 0 Å². The van der Waals surface area contributed by atoms with E-state index in [-0.39, 0.29) is 23.7 Å². The van der Waals surface area contributed by atoms with E-state index in [0.717, 1.165) is 18.4 Å². The SMILES string of the molecule is C=CCNC(=NCC(=O)N(C)C)NCC1(c2cccc(F)c2)CC1. The molecule has 6 heteroatoms. The van der Waals surface area contributed by atoms with Crippen molar-refractivity contribution >= 4 is 11.9 Å². The summed E-state index contributed by atoms with van der Waals surface area (Å²) in [6, 6.07) is 6.75. The van der Waals surface area contributed by atoms with Crippen LogP contribution in [0.1, 0.15) is 18.4 Å². The zero-order chi connectivity index (χ0) is 17.6. The van der Waals surface area contributed by atoms with Crippen LogP contribution in [-0.2, 0) is 10.2 Å². The molecule has 0 unspecified atom stereocenters. The van der Waals surface area contributed by atoms with E-state index in [1.165, 1.54) is 11.0 Å². The van der Waals surface area contributed by atoms with Crippen molar-refractivity contribution in [2.75, 3.05) is 33.7 Å². The Balaban J connectivity index is 2.00. The van der Waals surface area contributed by atoms with Crippen LogP contribution in [0.15, 0.2) is 41.9 Å². The number of halogens is 1. The van der Waals surface area contributed by atoms with Crippen LogP contribution in [0.5, 0.6) is 0 Å². The van der Waals surface area contributed by atoms with E-state index >= 15 is 0 Å². The van der Waals surface area contributed by atoms with Crippen molar-refractivity contribution in [3.05, 3.63) is 48.3 Å². The van der Waals surface area contributed by atoms with Crippen LogP contribution < -0.4 is 10.6 Å². The lowest BCUT2D eigenvalue weighted by Crippen LogP contribution is -2.42. The van der Waals surface area contributed by atoms with Gasteiger partial charge in [0.05, 0.1) is 0 Å². The Morgan fingerprint density at radius 1 is 1.42 bits per heavy atom. The molecule has 24 heavy (non-hydrogen) atoms. The molecule has 0 spiro atoms. The zero-order valence-electron chi connectivity index (χ0n) is 14.3. The van der Waals surface area contributed by atoms with Gasteiger partial charge in [0.1, 0.15) is 12.4 Å². The summed E-state index contributed by atoms with van der Waals surface area (Å²) < 4.78 is 13.5. The highest BCUT2D eigenvalue weighted by atomic mass is 19.1. The number of likely N-dealkylation sites (N-methyl/N-ethyl adjacent to an activating group) is 1. The van der Waals surface area contributed by atoms with Gasteiger partial charge in [-0.15, -0.1) is 6.58 Å². The maximum atomic E-state index is 13.5. The first kappa shape index (κ1) is 18.0. The number of rotatable bonds is 7. The van der Waals surface area contributed by atoms with Gasteiger partial charge in [0.25, 0.3) is 0 Å². The predicted molar refractivity (Wildman–Crippen MR) is 94.5 cm³/mol. The molecule has 0 heterocycles. The molecule has 1 aliphatic rings. The Bertz CT molecular complexity index is 623. The Kier molecular flexibility index (Phi) is 5.95. The fourth-order valence-corrected chi connectivity index (χ4v) is 2.42. The van der Waals surface area contributed by atoms with Crippen molar-refractivity contribution in [1.29, 1.82) is 0 Å². The molecule has 2 N–H and O–H groups in total. The van der Waals surface area contributed by atoms with Gasteiger partial charge in [0, 0.05) is 32.6 Å². The van der Waals surface area contributed by atoms with E-state index in [2.05, 4.69) is 22.2 Å². The van der Waals surface area contributed by atoms with Crippen LogP contribution in [0.2, 0.25) is 0 Å². The van der Waals surface area contributed by atoms with Crippen LogP contribution in [0.25, 0.3) is 0 Å². The van der Waals surface area contributed by atoms with E-state index in [0.29, 0.717) is 19.0 Å². The monoisotopic (exact) mass is 332 g/mol. The Morgan fingerprint density at radius 3 is 2.75 bits per heavy atom. The quantitative estimate of drug-likeness (QED) is 0.454. The molecule has 1 aromatic carbocycles. The first-order chi connectivity index (χ1) is 11.5. The van der Waals surface area contributed by atoms with Gasteiger partial charge in [-0.2, -0.15) is 0 Å². The number of aliphatic imine (C=N–C) groups is 1. The summed E-state index contributed by atoms with van der Waals surface area (Å²) >= 11 is 0. The van der Waals surface area contributed by atoms with E-state index in [1.54, 1.807) is 32.3 Å². The molecule has 1 aromatic rings. The predicted octanol–water partition coefficient (Wildman–Crippen LogP) is 1.67. The van der Waals surface area contributed by atoms with Gasteiger partial charge in [-0.3, -0.25) is 4.79 Å². The van der Waals surface area contributed by atoms with Crippen molar-refractivity contribution in [2.45, 2.75) is 18.3 Å². The van der Waals surface area contributed by atoms with Gasteiger partial charge in [-0.1, -0.05) is 18.2 Å². The minimum atomic E-state index is -0.214. The first-order valence-electron chi connectivity index (χ1n) is 8.06. The normalized spacial score (nSPS) is 15.5. The topological polar surface area (TPSA) is 56.7 Å². The molecule has 0 saturated heterocycles. The molecule has 0 bridgehead atoms. The third-order valence-corrected chi connectivity index (χ3v) is 4.17. The fraction of sp³-hybridized carbons (Fsp3) is 0.444. The molecule has 0 atom stereocenters. The number of guanidine groups is 1. The Labute approximate surface area is 142 Å². The number of nitrogens with zero attached hydrogens (tertiary/aromatic N) is 2. The van der Waals surface area contributed by atoms with Gasteiger partial charge in [-0.25, -0.2) is 9.38 Å². The lowest BCUT2D eigenvalue weighted by Gasteiger charge is -2.19. The van der Waals surface area contributed by atoms with E-state index in [9.17, 15) is 9.18 Å². The second-order valence-electron chi connectivity index (χ2n) is 6.27. The number of carbonyl (C=O) groups excluding carboxylic acids is 1. The minimum Gasteiger partial charge on any atom is -0.355 e. The van der Waals surface area contributed by atoms with E-state index in [1.807, 2.05) is 6.07 Å². The highest BCUT2D eigenvalue weighted by Gasteiger charge is 2.44. The Hall–Kier alpha value is -2.37. The zero-order valence-corrected chi connectivity index (χ0v) is 14.3. The molecule has 0 radical (unpaired) electrons. The summed E-state index contributed by atoms with van der Waals surface area (Å²) in [5.41, 5.74) is 0.951. The second-order valence-corrected chi connectivity index (χ2v) is 6.27. The van der Waals surface area contributed by atoms with E-state index < -0.39 is 0 Å². The first-order valence-corrected chi connectivity index (χ1v) is 8.06. The summed E-state index contributed by atoms with van der Waals surface area (Å²) in [6.07, 6.45) is 3.74. The van der Waals surface area contributed by atoms with Gasteiger partial charge in [-0.05, 0) is 30.5 Å². The molecule has 0 aliphatic heterocycles. The highest BCUT2D eigenvalue weighted by molar-refractivity contribution is 5.84. The van der Waals surface area contributed by atoms with E-state index in [4.69, 9.17) is 0 Å². The summed E-state index contributed by atoms with van der Waals surface area (Å²) in [6.45, 7) is 4.95. The number of carbonyl (C=O) groups is 1. The number of nitrogens with one attached hydrogen (secondary N) is 2. The molecule has 1 amide bonds. The van der Waals surface area contributed by atoms with Crippen LogP contribution in [0.4, 0.5) is 4.39 Å². The number of hydrogen-bond donors (Lipinski definition) is 2. The molecule has 1 aliphatic carbocycles. The standard InChI is InChI=1S/C18H25FN4O/c1-4-10-20-17(21-12-16(24)23(2)3)22-13-18(8-9-18)14-6-5-7-15(19)11-14/h4-7,11H,1,8-10,12-13H2,2-3H3,(H2,20,21,22). The Morgan fingerprint density at radius 2 is 2.17 bits per heavy atom. The molecule has 0 aromatic heterocycles. The minimum absolute atomic E-state index is 0.0513. The van der Waals surface area contributed by atoms with Crippen molar-refractivity contribution in [3.8, 4) is 0 Å². The number of hydrogen-bond acceptors (Lipinski definition) is 2. The van der Waals surface area contributed by atoms with Gasteiger partial charge in [0.2, 0.25) is 5.91 Å². The molecule has 130 valence electrons. The van der Waals surface area contributed by atoms with Crippen molar-refractivity contribution in [3.63, 3.8) is 0 Å². The van der Waals surface area contributed by atoms with Crippen molar-refractivity contribution in [1.82, 2.24) is 15.5 Å². The molecule has 1 saturated carbocycles. The molecular weight excluding hydrogens is 307 g/mol. The average Bonchev–Trinajstić information content (AvgIpc) is 3.35. The van der Waals surface area contributed by atoms with Crippen molar-refractivity contribution in [2.24, 2.45) is 4.99 Å². The second kappa shape index (κ2) is 7.95. The third-order valence-electron chi connectivity index (χ3n) is 4.17. The number of amides is 1. The molecule has 1 fully saturated rings. The summed E-state index contributed by atoms with van der Waals surface area (Å²) in [7, 11) is 3.40. The average molecular weight is 332 g/mol. The van der Waals surface area contributed by atoms with Crippen LogP contribution in [-0.4, -0.2) is 50.5 Å². The highest BCUT2D eigenvalue weighted by Crippen LogP contribution is 2.47. The molecule has 2 rings (SSSR count). The summed E-state index contributed by atoms with van der Waals surface area (Å²) in [5.74, 6) is 0.280. The maximum Gasteiger partial charge on any atom is 0.243 e. The lowest BCUT2D eigenvalue weighted by molar-refractivity contribution is -0.127. The number of benzene rings is 1. The fourth-order valence-electron chi connectivity index (χ4n) is 2.42. The lowest BCUT2D eigenvalue weighted by atomic mass is 9.96. The molecular formula is C18H25FN4O. The smallest absolute Gasteiger partial charge is 0.243 e. The van der Waals surface area contributed by atoms with Gasteiger partial charge < -0.3 is 15.5 Å². The maximum absolute atomic E-state index is 13.5. The molecule has 5 nitrogen and oxygen atoms in total.